The fourth-order valence-corrected chi connectivity index (χ4v) is 3.70. The Kier molecular flexibility index (Phi) is 2.91. The second-order valence-electron chi connectivity index (χ2n) is 7.68. The zero-order valence-electron chi connectivity index (χ0n) is 13.1. The molecule has 5 heteroatoms. The normalized spacial score (nSPS) is 29.6. The average molecular weight is 294 g/mol. The number of benzene rings is 1. The highest BCUT2D eigenvalue weighted by Crippen LogP contribution is 2.51. The van der Waals surface area contributed by atoms with Crippen LogP contribution in [0.25, 0.3) is 0 Å². The summed E-state index contributed by atoms with van der Waals surface area (Å²) in [6.07, 6.45) is -0.585. The molecule has 2 aliphatic rings. The maximum absolute atomic E-state index is 14.0. The van der Waals surface area contributed by atoms with E-state index in [4.69, 9.17) is 9.00 Å². The third kappa shape index (κ3) is 2.13. The van der Waals surface area contributed by atoms with E-state index >= 15 is 0 Å². The van der Waals surface area contributed by atoms with Crippen molar-refractivity contribution in [2.75, 3.05) is 0 Å². The van der Waals surface area contributed by atoms with E-state index in [1.165, 1.54) is 0 Å². The lowest BCUT2D eigenvalue weighted by atomic mass is 9.68. The SMILES string of the molecule is CC(C)(C)C1O[B-](F)(F)[O+]=C2c3ccccc3C(C)(C)C21. The molecule has 1 aliphatic heterocycles. The van der Waals surface area contributed by atoms with Gasteiger partial charge in [0.1, 0.15) is 5.92 Å². The molecule has 114 valence electrons. The van der Waals surface area contributed by atoms with Crippen molar-refractivity contribution in [3.05, 3.63) is 35.4 Å². The molecular formula is C16H21BF2O2. The number of halogens is 2. The first-order chi connectivity index (χ1) is 9.54. The third-order valence-electron chi connectivity index (χ3n) is 4.67. The van der Waals surface area contributed by atoms with Crippen LogP contribution in [-0.4, -0.2) is 19.0 Å². The van der Waals surface area contributed by atoms with Crippen LogP contribution < -0.4 is 0 Å². The zero-order valence-corrected chi connectivity index (χ0v) is 13.1. The van der Waals surface area contributed by atoms with Gasteiger partial charge < -0.3 is 17.6 Å². The lowest BCUT2D eigenvalue weighted by Crippen LogP contribution is -2.54. The molecule has 21 heavy (non-hydrogen) atoms. The lowest BCUT2D eigenvalue weighted by molar-refractivity contribution is -0.237. The Labute approximate surface area is 124 Å². The molecular weight excluding hydrogens is 273 g/mol. The van der Waals surface area contributed by atoms with Gasteiger partial charge in [-0.25, -0.2) is 0 Å². The van der Waals surface area contributed by atoms with E-state index in [1.807, 2.05) is 45.0 Å². The van der Waals surface area contributed by atoms with Crippen molar-refractivity contribution in [2.45, 2.75) is 46.1 Å². The smallest absolute Gasteiger partial charge is 0.453 e. The van der Waals surface area contributed by atoms with Gasteiger partial charge in [0.15, 0.2) is 0 Å². The molecule has 2 nitrogen and oxygen atoms in total. The van der Waals surface area contributed by atoms with Crippen LogP contribution in [0.2, 0.25) is 0 Å². The molecule has 0 N–H and O–H groups in total. The fraction of sp³-hybridized carbons (Fsp3) is 0.562. The topological polar surface area (TPSA) is 20.5 Å². The summed E-state index contributed by atoms with van der Waals surface area (Å²) in [5.41, 5.74) is 1.16. The highest BCUT2D eigenvalue weighted by atomic mass is 19.3. The summed E-state index contributed by atoms with van der Waals surface area (Å²) in [7, 11) is -4.27. The summed E-state index contributed by atoms with van der Waals surface area (Å²) in [6.45, 7) is 9.96. The maximum Gasteiger partial charge on any atom is 0.932 e. The number of fused-ring (bicyclic) bond motifs is 3. The summed E-state index contributed by atoms with van der Waals surface area (Å²) in [5, 5.41) is 0. The molecule has 0 spiro atoms. The first-order valence-corrected chi connectivity index (χ1v) is 7.37. The molecule has 0 radical (unpaired) electrons. The minimum absolute atomic E-state index is 0.198. The highest BCUT2D eigenvalue weighted by molar-refractivity contribution is 6.51. The number of hydrogen-bond acceptors (Lipinski definition) is 1. The molecule has 1 aromatic rings. The highest BCUT2D eigenvalue weighted by Gasteiger charge is 2.64. The molecule has 0 saturated carbocycles. The molecule has 1 heterocycles. The van der Waals surface area contributed by atoms with E-state index < -0.39 is 18.6 Å². The van der Waals surface area contributed by atoms with Gasteiger partial charge in [-0.2, -0.15) is 0 Å². The van der Waals surface area contributed by atoms with Gasteiger partial charge in [-0.05, 0) is 17.0 Å². The molecule has 1 aliphatic carbocycles. The van der Waals surface area contributed by atoms with Crippen molar-refractivity contribution in [2.24, 2.45) is 11.3 Å². The van der Waals surface area contributed by atoms with Crippen molar-refractivity contribution >= 4 is 12.9 Å². The van der Waals surface area contributed by atoms with E-state index in [0.717, 1.165) is 11.1 Å². The second-order valence-corrected chi connectivity index (χ2v) is 7.68. The van der Waals surface area contributed by atoms with Crippen LogP contribution in [0.3, 0.4) is 0 Å². The Hall–Kier alpha value is -1.23. The maximum atomic E-state index is 14.0. The minimum atomic E-state index is -4.27. The first kappa shape index (κ1) is 14.7. The molecule has 3 rings (SSSR count). The number of carbonyl (C=O) groups excluding carboxylic acids is 1. The van der Waals surface area contributed by atoms with E-state index in [0.29, 0.717) is 5.78 Å². The van der Waals surface area contributed by atoms with Gasteiger partial charge in [-0.1, -0.05) is 52.8 Å². The third-order valence-corrected chi connectivity index (χ3v) is 4.67. The van der Waals surface area contributed by atoms with Crippen LogP contribution in [-0.2, 0) is 10.1 Å². The van der Waals surface area contributed by atoms with Gasteiger partial charge in [-0.15, -0.1) is 0 Å². The Morgan fingerprint density at radius 1 is 1.19 bits per heavy atom. The summed E-state index contributed by atoms with van der Waals surface area (Å²) in [4.78, 5) is 0. The van der Waals surface area contributed by atoms with Crippen LogP contribution in [0.4, 0.5) is 8.63 Å². The van der Waals surface area contributed by atoms with Crippen molar-refractivity contribution in [1.29, 1.82) is 0 Å². The Morgan fingerprint density at radius 3 is 2.43 bits per heavy atom. The minimum Gasteiger partial charge on any atom is -0.453 e. The van der Waals surface area contributed by atoms with Gasteiger partial charge in [-0.3, -0.25) is 0 Å². The number of rotatable bonds is 0. The fourth-order valence-electron chi connectivity index (χ4n) is 3.70. The average Bonchev–Trinajstić information content (AvgIpc) is 2.56. The van der Waals surface area contributed by atoms with Crippen LogP contribution in [0.1, 0.15) is 50.1 Å². The predicted octanol–water partition coefficient (Wildman–Crippen LogP) is 4.13. The Balaban J connectivity index is 2.24. The predicted molar refractivity (Wildman–Crippen MR) is 79.6 cm³/mol. The summed E-state index contributed by atoms with van der Waals surface area (Å²) in [6, 6.07) is 7.66. The van der Waals surface area contributed by atoms with Crippen LogP contribution >= 0.6 is 0 Å². The monoisotopic (exact) mass is 294 g/mol. The molecule has 0 bridgehead atoms. The van der Waals surface area contributed by atoms with Gasteiger partial charge >= 0.3 is 7.11 Å². The van der Waals surface area contributed by atoms with Crippen molar-refractivity contribution in [3.63, 3.8) is 0 Å². The van der Waals surface area contributed by atoms with E-state index in [9.17, 15) is 8.63 Å². The van der Waals surface area contributed by atoms with Gasteiger partial charge in [0.2, 0.25) is 0 Å². The van der Waals surface area contributed by atoms with Crippen molar-refractivity contribution < 1.29 is 17.6 Å². The van der Waals surface area contributed by atoms with Crippen molar-refractivity contribution in [3.8, 4) is 0 Å². The van der Waals surface area contributed by atoms with Gasteiger partial charge in [0.25, 0.3) is 5.78 Å². The largest absolute Gasteiger partial charge is 0.932 e. The standard InChI is InChI=1S/C16H21BF2O2/c1-15(2,3)14-12-13(20-17(18,19)21-14)10-8-6-7-9-11(10)16(12,4)5/h6-9,12,14H,1-5H3. The molecule has 2 unspecified atom stereocenters. The first-order valence-electron chi connectivity index (χ1n) is 7.37. The van der Waals surface area contributed by atoms with E-state index in [-0.39, 0.29) is 11.3 Å². The van der Waals surface area contributed by atoms with Crippen LogP contribution in [0, 0.1) is 11.3 Å². The summed E-state index contributed by atoms with van der Waals surface area (Å²) >= 11 is 0. The lowest BCUT2D eigenvalue weighted by Gasteiger charge is -2.43. The quantitative estimate of drug-likeness (QED) is 0.520. The molecule has 0 fully saturated rings. The van der Waals surface area contributed by atoms with E-state index in [1.54, 1.807) is 0 Å². The molecule has 2 atom stereocenters. The van der Waals surface area contributed by atoms with Crippen LogP contribution in [0.5, 0.6) is 0 Å². The Morgan fingerprint density at radius 2 is 1.81 bits per heavy atom. The number of ketones is 1. The van der Waals surface area contributed by atoms with E-state index in [2.05, 4.69) is 13.8 Å². The van der Waals surface area contributed by atoms with Gasteiger partial charge in [0, 0.05) is 11.5 Å². The molecule has 0 saturated heterocycles. The number of hydrogen-bond donors (Lipinski definition) is 0. The summed E-state index contributed by atoms with van der Waals surface area (Å²) in [5.74, 6) is 0.197. The Bertz CT molecular complexity index is 617. The van der Waals surface area contributed by atoms with Gasteiger partial charge in [0.05, 0.1) is 5.56 Å². The van der Waals surface area contributed by atoms with Crippen LogP contribution in [0.15, 0.2) is 24.3 Å². The summed E-state index contributed by atoms with van der Waals surface area (Å²) < 4.78 is 38.0. The molecule has 1 aromatic carbocycles. The molecule has 0 amide bonds. The van der Waals surface area contributed by atoms with Crippen molar-refractivity contribution in [1.82, 2.24) is 0 Å². The molecule has 0 aromatic heterocycles. The zero-order chi connectivity index (χ0) is 15.6. The second kappa shape index (κ2) is 4.16.